The highest BCUT2D eigenvalue weighted by Gasteiger charge is 2.15. The fraction of sp³-hybridized carbons (Fsp3) is 0. The van der Waals surface area contributed by atoms with E-state index < -0.39 is 0 Å². The van der Waals surface area contributed by atoms with E-state index in [9.17, 15) is 0 Å². The van der Waals surface area contributed by atoms with Gasteiger partial charge >= 0.3 is 0 Å². The van der Waals surface area contributed by atoms with Crippen molar-refractivity contribution in [3.8, 4) is 33.1 Å². The standard InChI is InChI=1S/C23H15N5S/c1-5-15(22-7-3-9-29-22)16-10-20(26-18(16)6-1)23-17-11-19(14-4-2-8-24-12-14)25-13-21(17)27-28-23/h1-13,26H,(H,27,28). The summed E-state index contributed by atoms with van der Waals surface area (Å²) < 4.78 is 0. The van der Waals surface area contributed by atoms with E-state index in [1.54, 1.807) is 17.5 Å². The number of nitrogens with one attached hydrogen (secondary N) is 2. The number of hydrogen-bond donors (Lipinski definition) is 2. The molecule has 0 aliphatic carbocycles. The minimum Gasteiger partial charge on any atom is -0.353 e. The Morgan fingerprint density at radius 1 is 0.862 bits per heavy atom. The lowest BCUT2D eigenvalue weighted by atomic mass is 10.1. The Morgan fingerprint density at radius 2 is 1.86 bits per heavy atom. The van der Waals surface area contributed by atoms with E-state index in [1.807, 2.05) is 24.5 Å². The van der Waals surface area contributed by atoms with Crippen LogP contribution in [-0.4, -0.2) is 25.1 Å². The molecule has 0 amide bonds. The Kier molecular flexibility index (Phi) is 3.57. The molecule has 0 saturated heterocycles. The molecular weight excluding hydrogens is 378 g/mol. The van der Waals surface area contributed by atoms with Crippen LogP contribution in [0.25, 0.3) is 54.9 Å². The first-order valence-corrected chi connectivity index (χ1v) is 10.2. The van der Waals surface area contributed by atoms with Gasteiger partial charge in [0.1, 0.15) is 5.69 Å². The number of pyridine rings is 2. The zero-order chi connectivity index (χ0) is 19.2. The summed E-state index contributed by atoms with van der Waals surface area (Å²) in [4.78, 5) is 13.6. The molecule has 0 bridgehead atoms. The molecule has 0 aliphatic rings. The molecule has 0 radical (unpaired) electrons. The van der Waals surface area contributed by atoms with E-state index in [0.29, 0.717) is 0 Å². The van der Waals surface area contributed by atoms with Crippen molar-refractivity contribution in [3.63, 3.8) is 0 Å². The van der Waals surface area contributed by atoms with Crippen LogP contribution in [0.1, 0.15) is 0 Å². The quantitative estimate of drug-likeness (QED) is 0.393. The second kappa shape index (κ2) is 6.39. The highest BCUT2D eigenvalue weighted by molar-refractivity contribution is 7.13. The third kappa shape index (κ3) is 2.65. The van der Waals surface area contributed by atoms with Crippen molar-refractivity contribution in [1.29, 1.82) is 0 Å². The molecule has 138 valence electrons. The van der Waals surface area contributed by atoms with Gasteiger partial charge in [-0.15, -0.1) is 11.3 Å². The lowest BCUT2D eigenvalue weighted by Crippen LogP contribution is -1.85. The first kappa shape index (κ1) is 16.2. The number of hydrogen-bond acceptors (Lipinski definition) is 4. The van der Waals surface area contributed by atoms with Crippen molar-refractivity contribution < 1.29 is 0 Å². The predicted octanol–water partition coefficient (Wildman–Crippen LogP) is 5.90. The second-order valence-electron chi connectivity index (χ2n) is 6.86. The second-order valence-corrected chi connectivity index (χ2v) is 7.80. The van der Waals surface area contributed by atoms with Gasteiger partial charge in [0, 0.05) is 44.7 Å². The van der Waals surface area contributed by atoms with E-state index in [-0.39, 0.29) is 0 Å². The molecule has 5 heterocycles. The van der Waals surface area contributed by atoms with Crippen molar-refractivity contribution in [2.75, 3.05) is 0 Å². The highest BCUT2D eigenvalue weighted by atomic mass is 32.1. The topological polar surface area (TPSA) is 70.2 Å². The first-order valence-electron chi connectivity index (χ1n) is 9.27. The van der Waals surface area contributed by atoms with Gasteiger partial charge in [0.25, 0.3) is 0 Å². The first-order chi connectivity index (χ1) is 14.4. The zero-order valence-corrected chi connectivity index (χ0v) is 16.1. The van der Waals surface area contributed by atoms with Gasteiger partial charge in [-0.25, -0.2) is 0 Å². The average Bonchev–Trinajstić information content (AvgIpc) is 3.52. The Labute approximate surface area is 170 Å². The van der Waals surface area contributed by atoms with Gasteiger partial charge in [-0.3, -0.25) is 15.1 Å². The van der Waals surface area contributed by atoms with Gasteiger partial charge in [-0.1, -0.05) is 18.2 Å². The summed E-state index contributed by atoms with van der Waals surface area (Å²) in [6.45, 7) is 0. The van der Waals surface area contributed by atoms with Gasteiger partial charge in [-0.2, -0.15) is 5.10 Å². The fourth-order valence-corrected chi connectivity index (χ4v) is 4.49. The summed E-state index contributed by atoms with van der Waals surface area (Å²) in [6.07, 6.45) is 5.42. The third-order valence-electron chi connectivity index (χ3n) is 5.11. The number of aromatic nitrogens is 5. The summed E-state index contributed by atoms with van der Waals surface area (Å²) in [5.41, 5.74) is 6.98. The summed E-state index contributed by atoms with van der Waals surface area (Å²) in [7, 11) is 0. The van der Waals surface area contributed by atoms with Gasteiger partial charge in [-0.05, 0) is 41.8 Å². The zero-order valence-electron chi connectivity index (χ0n) is 15.3. The molecule has 1 aromatic carbocycles. The van der Waals surface area contributed by atoms with Gasteiger partial charge < -0.3 is 4.98 Å². The van der Waals surface area contributed by atoms with E-state index in [2.05, 4.69) is 73.0 Å². The van der Waals surface area contributed by atoms with Gasteiger partial charge in [0.05, 0.1) is 23.1 Å². The lowest BCUT2D eigenvalue weighted by Gasteiger charge is -2.00. The fourth-order valence-electron chi connectivity index (χ4n) is 3.72. The third-order valence-corrected chi connectivity index (χ3v) is 6.01. The van der Waals surface area contributed by atoms with Crippen LogP contribution in [-0.2, 0) is 0 Å². The molecule has 0 unspecified atom stereocenters. The molecule has 0 spiro atoms. The number of benzene rings is 1. The summed E-state index contributed by atoms with van der Waals surface area (Å²) in [5, 5.41) is 12.0. The molecule has 0 saturated carbocycles. The van der Waals surface area contributed by atoms with Crippen LogP contribution in [0.4, 0.5) is 0 Å². The van der Waals surface area contributed by atoms with E-state index in [1.165, 1.54) is 15.8 Å². The van der Waals surface area contributed by atoms with Gasteiger partial charge in [0.15, 0.2) is 0 Å². The summed E-state index contributed by atoms with van der Waals surface area (Å²) in [6, 6.07) is 18.8. The molecule has 2 N–H and O–H groups in total. The highest BCUT2D eigenvalue weighted by Crippen LogP contribution is 2.36. The molecule has 0 atom stereocenters. The van der Waals surface area contributed by atoms with Crippen molar-refractivity contribution in [1.82, 2.24) is 25.1 Å². The summed E-state index contributed by atoms with van der Waals surface area (Å²) >= 11 is 1.75. The maximum atomic E-state index is 4.58. The van der Waals surface area contributed by atoms with Crippen molar-refractivity contribution >= 4 is 33.1 Å². The molecule has 6 aromatic rings. The number of rotatable bonds is 3. The van der Waals surface area contributed by atoms with E-state index in [4.69, 9.17) is 0 Å². The van der Waals surface area contributed by atoms with Crippen molar-refractivity contribution in [3.05, 3.63) is 78.6 Å². The Bertz CT molecular complexity index is 1450. The van der Waals surface area contributed by atoms with Crippen LogP contribution in [0, 0.1) is 0 Å². The lowest BCUT2D eigenvalue weighted by molar-refractivity contribution is 1.11. The van der Waals surface area contributed by atoms with Crippen LogP contribution in [0.2, 0.25) is 0 Å². The maximum Gasteiger partial charge on any atom is 0.116 e. The van der Waals surface area contributed by atoms with Crippen LogP contribution in [0.15, 0.2) is 78.6 Å². The number of fused-ring (bicyclic) bond motifs is 2. The minimum absolute atomic E-state index is 0.878. The predicted molar refractivity (Wildman–Crippen MR) is 118 cm³/mol. The number of aromatic amines is 2. The van der Waals surface area contributed by atoms with Crippen molar-refractivity contribution in [2.24, 2.45) is 0 Å². The number of thiophene rings is 1. The molecule has 5 nitrogen and oxygen atoms in total. The normalized spacial score (nSPS) is 11.4. The van der Waals surface area contributed by atoms with Crippen LogP contribution >= 0.6 is 11.3 Å². The molecule has 6 heteroatoms. The van der Waals surface area contributed by atoms with Gasteiger partial charge in [0.2, 0.25) is 0 Å². The Morgan fingerprint density at radius 3 is 2.72 bits per heavy atom. The molecule has 5 aromatic heterocycles. The molecule has 6 rings (SSSR count). The Balaban J connectivity index is 1.53. The number of nitrogens with zero attached hydrogens (tertiary/aromatic N) is 3. The SMILES string of the molecule is c1cncc(-c2cc3c(-c4cc5c(-c6cccs6)cccc5[nH]4)n[nH]c3cn2)c1. The number of H-pyrrole nitrogens is 2. The minimum atomic E-state index is 0.878. The molecular formula is C23H15N5S. The monoisotopic (exact) mass is 393 g/mol. The maximum absolute atomic E-state index is 4.58. The average molecular weight is 393 g/mol. The summed E-state index contributed by atoms with van der Waals surface area (Å²) in [5.74, 6) is 0. The Hall–Kier alpha value is -3.77. The molecule has 29 heavy (non-hydrogen) atoms. The van der Waals surface area contributed by atoms with Crippen LogP contribution < -0.4 is 0 Å². The smallest absolute Gasteiger partial charge is 0.116 e. The van der Waals surface area contributed by atoms with Crippen molar-refractivity contribution in [2.45, 2.75) is 0 Å². The van der Waals surface area contributed by atoms with E-state index >= 15 is 0 Å². The molecule has 0 aliphatic heterocycles. The van der Waals surface area contributed by atoms with Crippen LogP contribution in [0.3, 0.4) is 0 Å². The van der Waals surface area contributed by atoms with E-state index in [0.717, 1.165) is 39.1 Å². The van der Waals surface area contributed by atoms with Crippen LogP contribution in [0.5, 0.6) is 0 Å². The molecule has 0 fully saturated rings. The largest absolute Gasteiger partial charge is 0.353 e.